The number of hydrogen-bond donors (Lipinski definition) is 1. The minimum atomic E-state index is -1.25. The Hall–Kier alpha value is -4.32. The maximum absolute atomic E-state index is 13.1. The van der Waals surface area contributed by atoms with E-state index in [-0.39, 0.29) is 32.0 Å². The van der Waals surface area contributed by atoms with E-state index < -0.39 is 17.2 Å². The van der Waals surface area contributed by atoms with Crippen molar-refractivity contribution in [2.75, 3.05) is 19.7 Å². The monoisotopic (exact) mass is 446 g/mol. The van der Waals surface area contributed by atoms with Gasteiger partial charge >= 0.3 is 5.97 Å². The van der Waals surface area contributed by atoms with Crippen molar-refractivity contribution in [3.8, 4) is 23.2 Å². The Kier molecular flexibility index (Phi) is 6.00. The summed E-state index contributed by atoms with van der Waals surface area (Å²) < 4.78 is 18.9. The molecule has 0 bridgehead atoms. The number of rotatable bonds is 6. The van der Waals surface area contributed by atoms with Crippen molar-refractivity contribution in [2.45, 2.75) is 6.42 Å². The lowest BCUT2D eigenvalue weighted by atomic mass is 9.88. The van der Waals surface area contributed by atoms with Crippen LogP contribution in [0.3, 0.4) is 0 Å². The van der Waals surface area contributed by atoms with Crippen molar-refractivity contribution in [1.29, 1.82) is 5.26 Å². The van der Waals surface area contributed by atoms with E-state index in [1.165, 1.54) is 41.6 Å². The van der Waals surface area contributed by atoms with Gasteiger partial charge in [-0.2, -0.15) is 5.26 Å². The van der Waals surface area contributed by atoms with Crippen LogP contribution < -0.4 is 4.74 Å². The van der Waals surface area contributed by atoms with Crippen LogP contribution in [0, 0.1) is 22.6 Å². The van der Waals surface area contributed by atoms with E-state index in [1.807, 2.05) is 6.07 Å². The highest BCUT2D eigenvalue weighted by atomic mass is 19.1. The van der Waals surface area contributed by atoms with Crippen LogP contribution >= 0.6 is 0 Å². The molecule has 1 N–H and O–H groups in total. The second kappa shape index (κ2) is 9.04. The molecule has 1 fully saturated rings. The number of halogens is 1. The minimum absolute atomic E-state index is 0.00426. The number of hydrogen-bond acceptors (Lipinski definition) is 6. The number of ether oxygens (including phenoxy) is 1. The molecule has 1 aliphatic rings. The average molecular weight is 446 g/mol. The van der Waals surface area contributed by atoms with E-state index in [1.54, 1.807) is 24.3 Å². The summed E-state index contributed by atoms with van der Waals surface area (Å²) in [7, 11) is 0. The number of aromatic nitrogens is 2. The Morgan fingerprint density at radius 3 is 2.39 bits per heavy atom. The normalized spacial score (nSPS) is 17.4. The molecule has 1 aromatic heterocycles. The fourth-order valence-electron chi connectivity index (χ4n) is 3.63. The van der Waals surface area contributed by atoms with Crippen molar-refractivity contribution >= 4 is 11.9 Å². The number of carboxylic acid groups (broad SMARTS) is 1. The van der Waals surface area contributed by atoms with Crippen molar-refractivity contribution in [3.63, 3.8) is 0 Å². The van der Waals surface area contributed by atoms with Crippen molar-refractivity contribution in [3.05, 3.63) is 77.9 Å². The number of carbonyl (C=O) groups is 2. The molecule has 4 rings (SSSR count). The lowest BCUT2D eigenvalue weighted by Gasteiger charge is -2.25. The maximum Gasteiger partial charge on any atom is 0.315 e. The van der Waals surface area contributed by atoms with Crippen LogP contribution in [0.1, 0.15) is 22.3 Å². The van der Waals surface area contributed by atoms with Gasteiger partial charge in [0.1, 0.15) is 29.7 Å². The molecule has 0 spiro atoms. The van der Waals surface area contributed by atoms with Gasteiger partial charge < -0.3 is 14.7 Å². The third-order valence-corrected chi connectivity index (χ3v) is 5.59. The number of nitrogens with zero attached hydrogens (tertiary/aromatic N) is 4. The maximum atomic E-state index is 13.1. The second-order valence-corrected chi connectivity index (χ2v) is 7.79. The Morgan fingerprint density at radius 1 is 1.12 bits per heavy atom. The molecule has 0 radical (unpaired) electrons. The first kappa shape index (κ1) is 21.9. The van der Waals surface area contributed by atoms with E-state index in [2.05, 4.69) is 9.97 Å². The topological polar surface area (TPSA) is 116 Å². The summed E-state index contributed by atoms with van der Waals surface area (Å²) >= 11 is 0. The zero-order valence-corrected chi connectivity index (χ0v) is 17.4. The summed E-state index contributed by atoms with van der Waals surface area (Å²) in [6.45, 7) is 0.152. The number of likely N-dealkylation sites (tertiary alicyclic amines) is 1. The summed E-state index contributed by atoms with van der Waals surface area (Å²) in [6.07, 6.45) is 3.11. The van der Waals surface area contributed by atoms with Crippen molar-refractivity contribution in [1.82, 2.24) is 14.9 Å². The van der Waals surface area contributed by atoms with Crippen molar-refractivity contribution < 1.29 is 23.8 Å². The molecule has 1 saturated heterocycles. The molecular formula is C24H19FN4O4. The fourth-order valence-corrected chi connectivity index (χ4v) is 3.63. The standard InChI is InChI=1S/C24H19FN4O4/c25-19-5-1-18(2-6-19)22(30)29-10-9-24(14-29,23(31)32)15-33-20-7-3-17(4-8-20)21-27-12-16(11-26)13-28-21/h1-8,12-13H,9-10,14-15H2,(H,31,32). The third kappa shape index (κ3) is 4.65. The molecule has 0 saturated carbocycles. The van der Waals surface area contributed by atoms with Gasteiger partial charge in [0.05, 0.1) is 5.56 Å². The zero-order valence-electron chi connectivity index (χ0n) is 17.4. The molecule has 0 aliphatic carbocycles. The van der Waals surface area contributed by atoms with E-state index in [0.717, 1.165) is 5.56 Å². The smallest absolute Gasteiger partial charge is 0.315 e. The molecular weight excluding hydrogens is 427 g/mol. The number of benzene rings is 2. The third-order valence-electron chi connectivity index (χ3n) is 5.59. The summed E-state index contributed by atoms with van der Waals surface area (Å²) in [6, 6.07) is 14.0. The molecule has 1 atom stereocenters. The molecule has 33 heavy (non-hydrogen) atoms. The molecule has 166 valence electrons. The summed E-state index contributed by atoms with van der Waals surface area (Å²) in [4.78, 5) is 34.5. The van der Waals surface area contributed by atoms with Gasteiger partial charge in [-0.15, -0.1) is 0 Å². The number of carboxylic acids is 1. The first-order chi connectivity index (χ1) is 15.9. The lowest BCUT2D eigenvalue weighted by Crippen LogP contribution is -2.41. The van der Waals surface area contributed by atoms with Gasteiger partial charge in [0.15, 0.2) is 5.82 Å². The van der Waals surface area contributed by atoms with E-state index in [9.17, 15) is 19.1 Å². The highest BCUT2D eigenvalue weighted by molar-refractivity contribution is 5.95. The second-order valence-electron chi connectivity index (χ2n) is 7.79. The molecule has 1 amide bonds. The highest BCUT2D eigenvalue weighted by Crippen LogP contribution is 2.33. The Labute approximate surface area is 188 Å². The fraction of sp³-hybridized carbons (Fsp3) is 0.208. The van der Waals surface area contributed by atoms with E-state index >= 15 is 0 Å². The SMILES string of the molecule is N#Cc1cnc(-c2ccc(OCC3(C(=O)O)CCN(C(=O)c4ccc(F)cc4)C3)cc2)nc1. The number of carbonyl (C=O) groups excluding carboxylic acids is 1. The van der Waals surface area contributed by atoms with Gasteiger partial charge in [-0.05, 0) is 55.0 Å². The molecule has 1 aliphatic heterocycles. The molecule has 8 nitrogen and oxygen atoms in total. The number of nitriles is 1. The van der Waals surface area contributed by atoms with Crippen LogP contribution in [0.25, 0.3) is 11.4 Å². The summed E-state index contributed by atoms with van der Waals surface area (Å²) in [5.74, 6) is -0.910. The highest BCUT2D eigenvalue weighted by Gasteiger charge is 2.47. The van der Waals surface area contributed by atoms with Crippen LogP contribution in [0.15, 0.2) is 60.9 Å². The van der Waals surface area contributed by atoms with Gasteiger partial charge in [-0.25, -0.2) is 14.4 Å². The Bertz CT molecular complexity index is 1210. The Morgan fingerprint density at radius 2 is 1.79 bits per heavy atom. The molecule has 2 aromatic carbocycles. The van der Waals surface area contributed by atoms with Crippen LogP contribution in [0.2, 0.25) is 0 Å². The van der Waals surface area contributed by atoms with Gasteiger partial charge in [-0.1, -0.05) is 0 Å². The first-order valence-corrected chi connectivity index (χ1v) is 10.1. The molecule has 3 aromatic rings. The van der Waals surface area contributed by atoms with Gasteiger partial charge in [0.2, 0.25) is 0 Å². The minimum Gasteiger partial charge on any atom is -0.492 e. The predicted octanol–water partition coefficient (Wildman–Crippen LogP) is 3.15. The van der Waals surface area contributed by atoms with Crippen LogP contribution in [-0.4, -0.2) is 51.5 Å². The molecule has 1 unspecified atom stereocenters. The predicted molar refractivity (Wildman–Crippen MR) is 115 cm³/mol. The largest absolute Gasteiger partial charge is 0.492 e. The van der Waals surface area contributed by atoms with Gasteiger partial charge in [-0.3, -0.25) is 9.59 Å². The van der Waals surface area contributed by atoms with Gasteiger partial charge in [0, 0.05) is 36.6 Å². The number of amides is 1. The van der Waals surface area contributed by atoms with Crippen LogP contribution in [-0.2, 0) is 4.79 Å². The summed E-state index contributed by atoms with van der Waals surface area (Å²) in [5.41, 5.74) is 0.141. The van der Waals surface area contributed by atoms with Crippen LogP contribution in [0.5, 0.6) is 5.75 Å². The van der Waals surface area contributed by atoms with E-state index in [4.69, 9.17) is 10.00 Å². The zero-order chi connectivity index (χ0) is 23.4. The molecule has 9 heteroatoms. The Balaban J connectivity index is 1.42. The first-order valence-electron chi connectivity index (χ1n) is 10.1. The lowest BCUT2D eigenvalue weighted by molar-refractivity contribution is -0.149. The van der Waals surface area contributed by atoms with Crippen molar-refractivity contribution in [2.24, 2.45) is 5.41 Å². The van der Waals surface area contributed by atoms with Crippen LogP contribution in [0.4, 0.5) is 4.39 Å². The average Bonchev–Trinajstić information content (AvgIpc) is 3.29. The quantitative estimate of drug-likeness (QED) is 0.618. The number of aliphatic carboxylic acids is 1. The van der Waals surface area contributed by atoms with Gasteiger partial charge in [0.25, 0.3) is 5.91 Å². The summed E-state index contributed by atoms with van der Waals surface area (Å²) in [5, 5.41) is 18.7. The molecule has 2 heterocycles. The van der Waals surface area contributed by atoms with E-state index in [0.29, 0.717) is 22.7 Å².